The van der Waals surface area contributed by atoms with Gasteiger partial charge in [0.1, 0.15) is 40.1 Å². The van der Waals surface area contributed by atoms with Gasteiger partial charge < -0.3 is 28.8 Å². The summed E-state index contributed by atoms with van der Waals surface area (Å²) in [5.41, 5.74) is -0.389. The molecule has 3 aliphatic rings. The lowest BCUT2D eigenvalue weighted by Crippen LogP contribution is -2.57. The standard InChI is InChI=1S/C44H51BrN4O10S/c1-9-25-22-44(25,41(53)48-60(54,55)27-15-16-27)47-39(51)30-19-26(23-49(30)40(52)28(42(2,3)4)20-34(50)59-43(5,6)7)57-33-21-29(24-13-11-10-12-14-24)46-37-35-31(58-38(33)37)17-18-32(56-8)36(35)45/h9-14,17-18,21,25-28,30H,1,15-16,19-20,22-23H2,2-8H3,(H,47,51)(H,48,53)/t25-,26-,28-,30+,44-/m1/s1. The van der Waals surface area contributed by atoms with E-state index in [-0.39, 0.29) is 25.8 Å². The molecule has 1 saturated heterocycles. The summed E-state index contributed by atoms with van der Waals surface area (Å²) < 4.78 is 52.8. The van der Waals surface area contributed by atoms with E-state index in [0.717, 1.165) is 5.56 Å². The third-order valence-electron chi connectivity index (χ3n) is 11.3. The Morgan fingerprint density at radius 3 is 2.37 bits per heavy atom. The minimum atomic E-state index is -3.93. The number of methoxy groups -OCH3 is 1. The highest BCUT2D eigenvalue weighted by molar-refractivity contribution is 9.10. The van der Waals surface area contributed by atoms with Crippen molar-refractivity contribution in [3.05, 3.63) is 65.7 Å². The first-order valence-electron chi connectivity index (χ1n) is 20.0. The number of furan rings is 1. The van der Waals surface area contributed by atoms with E-state index in [4.69, 9.17) is 23.6 Å². The molecule has 14 nitrogen and oxygen atoms in total. The predicted molar refractivity (Wildman–Crippen MR) is 228 cm³/mol. The number of pyridine rings is 1. The largest absolute Gasteiger partial charge is 0.496 e. The molecule has 2 saturated carbocycles. The van der Waals surface area contributed by atoms with Crippen LogP contribution in [0.3, 0.4) is 0 Å². The number of nitrogens with zero attached hydrogens (tertiary/aromatic N) is 2. The van der Waals surface area contributed by atoms with Crippen LogP contribution in [0.1, 0.15) is 73.6 Å². The topological polar surface area (TPSA) is 183 Å². The Labute approximate surface area is 357 Å². The van der Waals surface area contributed by atoms with Crippen LogP contribution >= 0.6 is 15.9 Å². The molecular formula is C44H51BrN4O10S. The summed E-state index contributed by atoms with van der Waals surface area (Å²) in [5, 5.41) is 2.84. The van der Waals surface area contributed by atoms with Gasteiger partial charge in [0.2, 0.25) is 21.8 Å². The molecule has 3 heterocycles. The van der Waals surface area contributed by atoms with Crippen molar-refractivity contribution in [1.82, 2.24) is 19.9 Å². The predicted octanol–water partition coefficient (Wildman–Crippen LogP) is 6.83. The second-order valence-electron chi connectivity index (χ2n) is 18.0. The first-order valence-corrected chi connectivity index (χ1v) is 22.3. The Balaban J connectivity index is 1.26. The van der Waals surface area contributed by atoms with E-state index >= 15 is 0 Å². The molecule has 0 bridgehead atoms. The van der Waals surface area contributed by atoms with Crippen LogP contribution in [0.5, 0.6) is 11.5 Å². The minimum Gasteiger partial charge on any atom is -0.496 e. The molecule has 2 aromatic carbocycles. The zero-order valence-corrected chi connectivity index (χ0v) is 37.2. The Bertz CT molecular complexity index is 2490. The number of esters is 1. The summed E-state index contributed by atoms with van der Waals surface area (Å²) in [6, 6.07) is 13.6. The van der Waals surface area contributed by atoms with Crippen LogP contribution in [0.25, 0.3) is 33.3 Å². The second-order valence-corrected chi connectivity index (χ2v) is 20.7. The van der Waals surface area contributed by atoms with Crippen molar-refractivity contribution in [1.29, 1.82) is 0 Å². The second kappa shape index (κ2) is 15.8. The maximum atomic E-state index is 14.8. The van der Waals surface area contributed by atoms with Gasteiger partial charge in [-0.1, -0.05) is 57.2 Å². The highest BCUT2D eigenvalue weighted by Gasteiger charge is 2.62. The van der Waals surface area contributed by atoms with E-state index in [1.54, 1.807) is 46.1 Å². The number of fused-ring (bicyclic) bond motifs is 3. The van der Waals surface area contributed by atoms with E-state index in [1.807, 2.05) is 51.1 Å². The number of halogens is 1. The van der Waals surface area contributed by atoms with E-state index in [0.29, 0.717) is 56.6 Å². The van der Waals surface area contributed by atoms with Crippen molar-refractivity contribution in [3.63, 3.8) is 0 Å². The first kappa shape index (κ1) is 43.1. The molecule has 0 radical (unpaired) electrons. The van der Waals surface area contributed by atoms with Gasteiger partial charge in [-0.2, -0.15) is 0 Å². The highest BCUT2D eigenvalue weighted by Crippen LogP contribution is 2.47. The average Bonchev–Trinajstić information content (AvgIpc) is 4.08. The molecule has 2 aliphatic carbocycles. The summed E-state index contributed by atoms with van der Waals surface area (Å²) in [5.74, 6) is -3.14. The molecule has 320 valence electrons. The SMILES string of the molecule is C=C[C@@H]1C[C@]1(NC(=O)[C@@H]1C[C@@H](Oc2cc(-c3ccccc3)nc3c2oc2ccc(OC)c(Br)c23)CN1C(=O)[C@@H](CC(=O)OC(C)(C)C)C(C)(C)C)C(=O)NS(=O)(=O)C1CC1. The van der Waals surface area contributed by atoms with Crippen LogP contribution < -0.4 is 19.5 Å². The van der Waals surface area contributed by atoms with E-state index in [1.165, 1.54) is 11.0 Å². The molecule has 2 N–H and O–H groups in total. The van der Waals surface area contributed by atoms with Gasteiger partial charge in [0, 0.05) is 24.0 Å². The molecule has 1 aliphatic heterocycles. The van der Waals surface area contributed by atoms with Gasteiger partial charge in [0.15, 0.2) is 11.3 Å². The van der Waals surface area contributed by atoms with Crippen molar-refractivity contribution < 1.29 is 46.2 Å². The molecule has 7 rings (SSSR count). The molecule has 5 atom stereocenters. The Morgan fingerprint density at radius 2 is 1.77 bits per heavy atom. The molecule has 0 spiro atoms. The molecule has 16 heteroatoms. The van der Waals surface area contributed by atoms with Crippen LogP contribution in [0, 0.1) is 17.3 Å². The maximum absolute atomic E-state index is 14.8. The van der Waals surface area contributed by atoms with Crippen molar-refractivity contribution in [2.75, 3.05) is 13.7 Å². The lowest BCUT2D eigenvalue weighted by Gasteiger charge is -2.35. The van der Waals surface area contributed by atoms with Crippen LogP contribution in [-0.2, 0) is 33.9 Å². The van der Waals surface area contributed by atoms with E-state index in [9.17, 15) is 27.6 Å². The van der Waals surface area contributed by atoms with Gasteiger partial charge in [-0.15, -0.1) is 6.58 Å². The fraction of sp³-hybridized carbons (Fsp3) is 0.477. The van der Waals surface area contributed by atoms with E-state index < -0.39 is 79.5 Å². The van der Waals surface area contributed by atoms with Gasteiger partial charge >= 0.3 is 5.97 Å². The normalized spacial score (nSPS) is 22.3. The van der Waals surface area contributed by atoms with Gasteiger partial charge in [-0.05, 0) is 73.5 Å². The Morgan fingerprint density at radius 1 is 1.07 bits per heavy atom. The number of ether oxygens (including phenoxy) is 3. The minimum absolute atomic E-state index is 0.0140. The third-order valence-corrected chi connectivity index (χ3v) is 13.9. The van der Waals surface area contributed by atoms with Crippen LogP contribution in [0.2, 0.25) is 0 Å². The van der Waals surface area contributed by atoms with Crippen molar-refractivity contribution in [2.24, 2.45) is 17.3 Å². The lowest BCUT2D eigenvalue weighted by atomic mass is 9.77. The fourth-order valence-corrected chi connectivity index (χ4v) is 9.86. The first-order chi connectivity index (χ1) is 28.2. The average molecular weight is 908 g/mol. The van der Waals surface area contributed by atoms with Gasteiger partial charge in [0.25, 0.3) is 5.91 Å². The summed E-state index contributed by atoms with van der Waals surface area (Å²) in [6.45, 7) is 14.5. The number of likely N-dealkylation sites (tertiary alicyclic amines) is 1. The quantitative estimate of drug-likeness (QED) is 0.106. The number of aromatic nitrogens is 1. The number of rotatable bonds is 13. The van der Waals surface area contributed by atoms with Crippen LogP contribution in [0.4, 0.5) is 0 Å². The fourth-order valence-electron chi connectivity index (χ4n) is 7.82. The molecule has 3 fully saturated rings. The molecular weight excluding hydrogens is 856 g/mol. The molecule has 60 heavy (non-hydrogen) atoms. The number of carbonyl (C=O) groups excluding carboxylic acids is 4. The van der Waals surface area contributed by atoms with Crippen LogP contribution in [0.15, 0.2) is 70.1 Å². The number of carbonyl (C=O) groups is 4. The van der Waals surface area contributed by atoms with Gasteiger partial charge in [0.05, 0.1) is 46.8 Å². The van der Waals surface area contributed by atoms with Crippen molar-refractivity contribution >= 4 is 71.7 Å². The smallest absolute Gasteiger partial charge is 0.307 e. The number of amides is 3. The zero-order chi connectivity index (χ0) is 43.5. The Hall–Kier alpha value is -4.96. The number of hydrogen-bond acceptors (Lipinski definition) is 11. The molecule has 4 aromatic rings. The maximum Gasteiger partial charge on any atom is 0.307 e. The number of benzene rings is 2. The molecule has 0 unspecified atom stereocenters. The number of hydrogen-bond donors (Lipinski definition) is 2. The van der Waals surface area contributed by atoms with Crippen molar-refractivity contribution in [2.45, 2.75) is 102 Å². The van der Waals surface area contributed by atoms with Crippen molar-refractivity contribution in [3.8, 4) is 22.8 Å². The summed E-state index contributed by atoms with van der Waals surface area (Å²) in [6.07, 6.45) is 1.47. The molecule has 3 amide bonds. The third kappa shape index (κ3) is 8.63. The van der Waals surface area contributed by atoms with Crippen LogP contribution in [-0.4, -0.2) is 84.2 Å². The zero-order valence-electron chi connectivity index (χ0n) is 34.8. The number of nitrogens with one attached hydrogen (secondary N) is 2. The summed E-state index contributed by atoms with van der Waals surface area (Å²) in [7, 11) is -2.37. The van der Waals surface area contributed by atoms with Gasteiger partial charge in [-0.25, -0.2) is 13.4 Å². The summed E-state index contributed by atoms with van der Waals surface area (Å²) >= 11 is 3.66. The summed E-state index contributed by atoms with van der Waals surface area (Å²) in [4.78, 5) is 62.7. The number of sulfonamides is 1. The van der Waals surface area contributed by atoms with Gasteiger partial charge in [-0.3, -0.25) is 23.9 Å². The highest BCUT2D eigenvalue weighted by atomic mass is 79.9. The molecule has 2 aromatic heterocycles. The lowest BCUT2D eigenvalue weighted by molar-refractivity contribution is -0.161. The Kier molecular flexibility index (Phi) is 11.4. The monoisotopic (exact) mass is 906 g/mol. The van der Waals surface area contributed by atoms with E-state index in [2.05, 4.69) is 32.5 Å².